The van der Waals surface area contributed by atoms with E-state index in [0.717, 1.165) is 0 Å². The Labute approximate surface area is 127 Å². The molecule has 1 saturated heterocycles. The Balaban J connectivity index is 1.82. The molecule has 0 aliphatic carbocycles. The largest absolute Gasteiger partial charge is 0.459 e. The number of oxazole rings is 1. The molecule has 0 bridgehead atoms. The highest BCUT2D eigenvalue weighted by Crippen LogP contribution is 2.05. The van der Waals surface area contributed by atoms with Gasteiger partial charge in [-0.3, -0.25) is 9.59 Å². The van der Waals surface area contributed by atoms with Crippen LogP contribution in [0.15, 0.2) is 23.1 Å². The Morgan fingerprint density at radius 1 is 1.27 bits per heavy atom. The fraction of sp³-hybridized carbons (Fsp3) is 0.429. The summed E-state index contributed by atoms with van der Waals surface area (Å²) in [6, 6.07) is 0. The lowest BCUT2D eigenvalue weighted by Gasteiger charge is -2.33. The molecule has 0 atom stereocenters. The van der Waals surface area contributed by atoms with Crippen molar-refractivity contribution in [2.24, 2.45) is 0 Å². The number of rotatable bonds is 3. The third-order valence-electron chi connectivity index (χ3n) is 3.18. The van der Waals surface area contributed by atoms with Gasteiger partial charge in [-0.1, -0.05) is 0 Å². The van der Waals surface area contributed by atoms with Gasteiger partial charge in [-0.15, -0.1) is 0 Å². The van der Waals surface area contributed by atoms with E-state index < -0.39 is 11.9 Å². The first-order valence-electron chi connectivity index (χ1n) is 6.93. The third kappa shape index (κ3) is 3.94. The normalized spacial score (nSPS) is 15.1. The smallest absolute Gasteiger partial charge is 0.397 e. The number of aromatic nitrogens is 1. The Bertz CT molecular complexity index is 559. The molecule has 0 radical (unpaired) electrons. The maximum atomic E-state index is 12.0. The van der Waals surface area contributed by atoms with E-state index >= 15 is 0 Å². The van der Waals surface area contributed by atoms with Crippen molar-refractivity contribution in [3.63, 3.8) is 0 Å². The summed E-state index contributed by atoms with van der Waals surface area (Å²) in [5, 5.41) is 0. The summed E-state index contributed by atoms with van der Waals surface area (Å²) in [6.45, 7) is 3.15. The summed E-state index contributed by atoms with van der Waals surface area (Å²) in [4.78, 5) is 42.0. The van der Waals surface area contributed by atoms with Crippen LogP contribution in [0.2, 0.25) is 0 Å². The number of hydrogen-bond donors (Lipinski definition) is 0. The van der Waals surface area contributed by atoms with Crippen molar-refractivity contribution in [3.05, 3.63) is 24.4 Å². The molecule has 2 rings (SSSR count). The summed E-state index contributed by atoms with van der Waals surface area (Å²) < 4.78 is 9.47. The minimum absolute atomic E-state index is 0.163. The Hall–Kier alpha value is -2.64. The fourth-order valence-electron chi connectivity index (χ4n) is 2.02. The van der Waals surface area contributed by atoms with Gasteiger partial charge < -0.3 is 19.0 Å². The van der Waals surface area contributed by atoms with Crippen LogP contribution >= 0.6 is 0 Å². The highest BCUT2D eigenvalue weighted by atomic mass is 16.5. The summed E-state index contributed by atoms with van der Waals surface area (Å²) in [5.41, 5.74) is 0.560. The second kappa shape index (κ2) is 7.39. The topological polar surface area (TPSA) is 93.0 Å². The molecule has 0 aromatic carbocycles. The zero-order chi connectivity index (χ0) is 15.9. The van der Waals surface area contributed by atoms with Crippen molar-refractivity contribution in [2.75, 3.05) is 32.8 Å². The second-order valence-corrected chi connectivity index (χ2v) is 4.58. The summed E-state index contributed by atoms with van der Waals surface area (Å²) >= 11 is 0. The van der Waals surface area contributed by atoms with Crippen LogP contribution in [-0.4, -0.2) is 65.4 Å². The zero-order valence-corrected chi connectivity index (χ0v) is 12.2. The minimum Gasteiger partial charge on any atom is -0.459 e. The van der Waals surface area contributed by atoms with Crippen molar-refractivity contribution in [1.82, 2.24) is 14.8 Å². The minimum atomic E-state index is -0.854. The molecule has 22 heavy (non-hydrogen) atoms. The highest BCUT2D eigenvalue weighted by Gasteiger charge is 2.27. The predicted octanol–water partition coefficient (Wildman–Crippen LogP) is -0.0783. The highest BCUT2D eigenvalue weighted by molar-refractivity contribution is 6.32. The molecule has 1 aromatic heterocycles. The Morgan fingerprint density at radius 3 is 2.55 bits per heavy atom. The Kier molecular flexibility index (Phi) is 5.29. The number of esters is 1. The second-order valence-electron chi connectivity index (χ2n) is 4.58. The third-order valence-corrected chi connectivity index (χ3v) is 3.18. The van der Waals surface area contributed by atoms with E-state index in [1.54, 1.807) is 17.9 Å². The average Bonchev–Trinajstić information content (AvgIpc) is 3.05. The quantitative estimate of drug-likeness (QED) is 0.440. The standard InChI is InChI=1S/C14H17N3O5/c1-2-22-14(20)13(19)17-7-5-16(6-8-17)12(18)4-3-11-9-21-10-15-11/h3-4,9-10H,2,5-8H2,1H3/b4-3+. The first-order valence-corrected chi connectivity index (χ1v) is 6.93. The molecule has 1 aliphatic rings. The maximum Gasteiger partial charge on any atom is 0.397 e. The molecule has 2 amide bonds. The number of carbonyl (C=O) groups excluding carboxylic acids is 3. The van der Waals surface area contributed by atoms with Gasteiger partial charge in [0.2, 0.25) is 5.91 Å². The van der Waals surface area contributed by atoms with E-state index in [-0.39, 0.29) is 12.5 Å². The van der Waals surface area contributed by atoms with E-state index in [0.29, 0.717) is 31.9 Å². The van der Waals surface area contributed by atoms with Gasteiger partial charge in [0.05, 0.1) is 6.61 Å². The van der Waals surface area contributed by atoms with Crippen molar-refractivity contribution < 1.29 is 23.5 Å². The predicted molar refractivity (Wildman–Crippen MR) is 75.3 cm³/mol. The lowest BCUT2D eigenvalue weighted by atomic mass is 10.3. The molecule has 0 saturated carbocycles. The van der Waals surface area contributed by atoms with Gasteiger partial charge in [0.1, 0.15) is 12.0 Å². The summed E-state index contributed by atoms with van der Waals surface area (Å²) in [6.07, 6.45) is 5.67. The van der Waals surface area contributed by atoms with E-state index in [9.17, 15) is 14.4 Å². The van der Waals surface area contributed by atoms with Crippen LogP contribution in [0, 0.1) is 0 Å². The molecule has 8 heteroatoms. The van der Waals surface area contributed by atoms with Crippen LogP contribution in [0.25, 0.3) is 6.08 Å². The van der Waals surface area contributed by atoms with Crippen molar-refractivity contribution in [3.8, 4) is 0 Å². The SMILES string of the molecule is CCOC(=O)C(=O)N1CCN(C(=O)/C=C/c2cocn2)CC1. The van der Waals surface area contributed by atoms with E-state index in [4.69, 9.17) is 4.42 Å². The monoisotopic (exact) mass is 307 g/mol. The van der Waals surface area contributed by atoms with Gasteiger partial charge in [0.15, 0.2) is 6.39 Å². The van der Waals surface area contributed by atoms with Crippen LogP contribution in [0.3, 0.4) is 0 Å². The summed E-state index contributed by atoms with van der Waals surface area (Å²) in [7, 11) is 0. The van der Waals surface area contributed by atoms with Crippen LogP contribution < -0.4 is 0 Å². The van der Waals surface area contributed by atoms with E-state index in [1.165, 1.54) is 23.6 Å². The first-order chi connectivity index (χ1) is 10.6. The molecular formula is C14H17N3O5. The molecule has 1 aliphatic heterocycles. The van der Waals surface area contributed by atoms with Crippen molar-refractivity contribution in [1.29, 1.82) is 0 Å². The number of piperazine rings is 1. The number of amides is 2. The van der Waals surface area contributed by atoms with Crippen LogP contribution in [0.4, 0.5) is 0 Å². The maximum absolute atomic E-state index is 12.0. The molecule has 0 N–H and O–H groups in total. The van der Waals surface area contributed by atoms with Gasteiger partial charge >= 0.3 is 11.9 Å². The lowest BCUT2D eigenvalue weighted by Crippen LogP contribution is -2.52. The molecular weight excluding hydrogens is 290 g/mol. The number of nitrogens with zero attached hydrogens (tertiary/aromatic N) is 3. The van der Waals surface area contributed by atoms with Gasteiger partial charge in [0.25, 0.3) is 0 Å². The molecule has 8 nitrogen and oxygen atoms in total. The number of hydrogen-bond acceptors (Lipinski definition) is 6. The lowest BCUT2D eigenvalue weighted by molar-refractivity contribution is -0.161. The van der Waals surface area contributed by atoms with Gasteiger partial charge in [-0.25, -0.2) is 9.78 Å². The first kappa shape index (κ1) is 15.7. The number of ether oxygens (including phenoxy) is 1. The van der Waals surface area contributed by atoms with Crippen molar-refractivity contribution >= 4 is 23.9 Å². The van der Waals surface area contributed by atoms with Crippen LogP contribution in [0.5, 0.6) is 0 Å². The summed E-state index contributed by atoms with van der Waals surface area (Å²) in [5.74, 6) is -1.69. The van der Waals surface area contributed by atoms with Crippen LogP contribution in [0.1, 0.15) is 12.6 Å². The van der Waals surface area contributed by atoms with Crippen LogP contribution in [-0.2, 0) is 19.1 Å². The molecule has 1 fully saturated rings. The molecule has 0 unspecified atom stereocenters. The molecule has 0 spiro atoms. The van der Waals surface area contributed by atoms with Gasteiger partial charge in [0, 0.05) is 32.3 Å². The molecule has 1 aromatic rings. The average molecular weight is 307 g/mol. The zero-order valence-electron chi connectivity index (χ0n) is 12.2. The van der Waals surface area contributed by atoms with Gasteiger partial charge in [-0.2, -0.15) is 0 Å². The van der Waals surface area contributed by atoms with Crippen molar-refractivity contribution in [2.45, 2.75) is 6.92 Å². The van der Waals surface area contributed by atoms with E-state index in [2.05, 4.69) is 9.72 Å². The Morgan fingerprint density at radius 2 is 1.95 bits per heavy atom. The van der Waals surface area contributed by atoms with E-state index in [1.807, 2.05) is 0 Å². The molecule has 2 heterocycles. The fourth-order valence-corrected chi connectivity index (χ4v) is 2.02. The number of carbonyl (C=O) groups is 3. The van der Waals surface area contributed by atoms with Gasteiger partial charge in [-0.05, 0) is 13.0 Å². The molecule has 118 valence electrons.